The summed E-state index contributed by atoms with van der Waals surface area (Å²) in [6.45, 7) is 14.1. The van der Waals surface area contributed by atoms with E-state index < -0.39 is 97.5 Å². The van der Waals surface area contributed by atoms with E-state index in [4.69, 9.17) is 37.0 Å². The fraction of sp³-hybridized carbons (Fsp3) is 0.944. The van der Waals surface area contributed by atoms with Crippen molar-refractivity contribution in [1.29, 1.82) is 0 Å². The van der Waals surface area contributed by atoms with Gasteiger partial charge in [0.1, 0.15) is 19.3 Å². The molecule has 0 saturated heterocycles. The van der Waals surface area contributed by atoms with Gasteiger partial charge in [-0.05, 0) is 49.4 Å². The van der Waals surface area contributed by atoms with E-state index >= 15 is 0 Å². The molecule has 0 aliphatic carbocycles. The number of esters is 4. The lowest BCUT2D eigenvalue weighted by Gasteiger charge is -2.21. The van der Waals surface area contributed by atoms with Crippen LogP contribution in [0.4, 0.5) is 0 Å². The standard InChI is InChI=1S/C72H140O17P2/c1-9-64(7)50-42-34-26-22-23-27-36-44-52-69(74)82-58-67(88-71(76)54-46-38-28-20-16-14-12-11-13-15-18-24-32-40-48-62(3)4)60-86-90(78,79)84-56-66(73)57-85-91(80,81)87-61-68(59-83-70(75)53-45-37-31-30-35-43-51-65(8)10-2)89-72(77)55-47-39-29-21-17-19-25-33-41-49-63(5)6/h62-68,73H,9-61H2,1-8H3,(H,78,79)(H,80,81)/t64?,65?,66-,67-,68-/m1/s1. The van der Waals surface area contributed by atoms with Crippen molar-refractivity contribution in [1.82, 2.24) is 0 Å². The van der Waals surface area contributed by atoms with Gasteiger partial charge in [-0.15, -0.1) is 0 Å². The summed E-state index contributed by atoms with van der Waals surface area (Å²) in [7, 11) is -9.91. The predicted molar refractivity (Wildman–Crippen MR) is 367 cm³/mol. The first-order valence-corrected chi connectivity index (χ1v) is 40.3. The fourth-order valence-electron chi connectivity index (χ4n) is 10.8. The molecule has 0 aromatic heterocycles. The minimum Gasteiger partial charge on any atom is -0.462 e. The van der Waals surface area contributed by atoms with E-state index in [1.54, 1.807) is 0 Å². The molecule has 0 aliphatic rings. The maximum atomic E-state index is 13.0. The second-order valence-electron chi connectivity index (χ2n) is 27.4. The highest BCUT2D eigenvalue weighted by Crippen LogP contribution is 2.45. The maximum absolute atomic E-state index is 13.0. The second kappa shape index (κ2) is 61.6. The molecule has 0 bridgehead atoms. The van der Waals surface area contributed by atoms with Gasteiger partial charge in [0.25, 0.3) is 0 Å². The normalized spacial score (nSPS) is 14.8. The average molecular weight is 1340 g/mol. The summed E-state index contributed by atoms with van der Waals surface area (Å²) in [6, 6.07) is 0. The van der Waals surface area contributed by atoms with E-state index in [2.05, 4.69) is 55.4 Å². The van der Waals surface area contributed by atoms with E-state index in [1.807, 2.05) is 0 Å². The number of carbonyl (C=O) groups excluding carboxylic acids is 4. The van der Waals surface area contributed by atoms with Crippen LogP contribution >= 0.6 is 15.6 Å². The molecule has 0 aromatic carbocycles. The third-order valence-electron chi connectivity index (χ3n) is 17.3. The van der Waals surface area contributed by atoms with E-state index in [0.29, 0.717) is 25.7 Å². The van der Waals surface area contributed by atoms with Crippen molar-refractivity contribution in [2.75, 3.05) is 39.6 Å². The van der Waals surface area contributed by atoms with Crippen molar-refractivity contribution in [3.05, 3.63) is 0 Å². The molecule has 4 unspecified atom stereocenters. The lowest BCUT2D eigenvalue weighted by molar-refractivity contribution is -0.161. The Labute approximate surface area is 556 Å². The number of aliphatic hydroxyl groups is 1. The average Bonchev–Trinajstić information content (AvgIpc) is 3.07. The molecule has 0 aliphatic heterocycles. The summed E-state index contributed by atoms with van der Waals surface area (Å²) >= 11 is 0. The molecule has 17 nitrogen and oxygen atoms in total. The minimum absolute atomic E-state index is 0.104. The monoisotopic (exact) mass is 1340 g/mol. The number of aliphatic hydroxyl groups excluding tert-OH is 1. The highest BCUT2D eigenvalue weighted by Gasteiger charge is 2.30. The van der Waals surface area contributed by atoms with Gasteiger partial charge in [-0.2, -0.15) is 0 Å². The fourth-order valence-corrected chi connectivity index (χ4v) is 12.4. The summed E-state index contributed by atoms with van der Waals surface area (Å²) in [6.07, 6.45) is 44.4. The number of rotatable bonds is 69. The molecule has 0 heterocycles. The summed E-state index contributed by atoms with van der Waals surface area (Å²) < 4.78 is 68.4. The molecule has 0 aromatic rings. The number of ether oxygens (including phenoxy) is 4. The zero-order valence-corrected chi connectivity index (χ0v) is 61.3. The summed E-state index contributed by atoms with van der Waals surface area (Å²) in [4.78, 5) is 72.6. The second-order valence-corrected chi connectivity index (χ2v) is 30.3. The van der Waals surface area contributed by atoms with Crippen LogP contribution in [0.2, 0.25) is 0 Å². The van der Waals surface area contributed by atoms with Gasteiger partial charge in [0.05, 0.1) is 26.4 Å². The molecule has 7 atom stereocenters. The van der Waals surface area contributed by atoms with Crippen LogP contribution in [-0.2, 0) is 65.4 Å². The van der Waals surface area contributed by atoms with Crippen LogP contribution in [0.25, 0.3) is 0 Å². The number of hydrogen-bond donors (Lipinski definition) is 3. The van der Waals surface area contributed by atoms with Crippen LogP contribution in [0.3, 0.4) is 0 Å². The first-order chi connectivity index (χ1) is 43.7. The lowest BCUT2D eigenvalue weighted by Crippen LogP contribution is -2.30. The highest BCUT2D eigenvalue weighted by molar-refractivity contribution is 7.47. The van der Waals surface area contributed by atoms with Crippen molar-refractivity contribution in [2.45, 2.75) is 375 Å². The number of unbranched alkanes of at least 4 members (excludes halogenated alkanes) is 33. The number of hydrogen-bond acceptors (Lipinski definition) is 15. The topological polar surface area (TPSA) is 237 Å². The molecule has 19 heteroatoms. The molecule has 0 spiro atoms. The zero-order valence-electron chi connectivity index (χ0n) is 59.5. The van der Waals surface area contributed by atoms with E-state index in [9.17, 15) is 43.2 Å². The smallest absolute Gasteiger partial charge is 0.462 e. The highest BCUT2D eigenvalue weighted by atomic mass is 31.2. The van der Waals surface area contributed by atoms with Crippen molar-refractivity contribution in [3.8, 4) is 0 Å². The quantitative estimate of drug-likeness (QED) is 0.0222. The van der Waals surface area contributed by atoms with Gasteiger partial charge in [0, 0.05) is 25.7 Å². The van der Waals surface area contributed by atoms with Crippen molar-refractivity contribution >= 4 is 39.5 Å². The molecular weight excluding hydrogens is 1200 g/mol. The third kappa shape index (κ3) is 63.9. The van der Waals surface area contributed by atoms with Crippen molar-refractivity contribution in [2.24, 2.45) is 23.7 Å². The number of phosphoric acid groups is 2. The van der Waals surface area contributed by atoms with Gasteiger partial charge in [0.2, 0.25) is 0 Å². The maximum Gasteiger partial charge on any atom is 0.472 e. The molecule has 0 amide bonds. The van der Waals surface area contributed by atoms with Crippen molar-refractivity contribution in [3.63, 3.8) is 0 Å². The Morgan fingerprint density at radius 3 is 0.780 bits per heavy atom. The first kappa shape index (κ1) is 89.1. The molecular formula is C72H140O17P2. The SMILES string of the molecule is CCC(C)CCCCCCCCCCC(=O)OC[C@H](COP(=O)(O)OC[C@@H](O)COP(=O)(O)OC[C@@H](COC(=O)CCCCCCCCC(C)CC)OC(=O)CCCCCCCCCCCC(C)C)OC(=O)CCCCCCCCCCCCCCCCC(C)C. The molecule has 0 rings (SSSR count). The Balaban J connectivity index is 5.26. The molecule has 0 radical (unpaired) electrons. The van der Waals surface area contributed by atoms with Gasteiger partial charge in [-0.3, -0.25) is 37.3 Å². The Bertz CT molecular complexity index is 1800. The van der Waals surface area contributed by atoms with Crippen molar-refractivity contribution < 1.29 is 80.2 Å². The molecule has 0 fully saturated rings. The predicted octanol–water partition coefficient (Wildman–Crippen LogP) is 20.5. The summed E-state index contributed by atoms with van der Waals surface area (Å²) in [5.41, 5.74) is 0. The zero-order chi connectivity index (χ0) is 67.5. The third-order valence-corrected chi connectivity index (χ3v) is 19.2. The van der Waals surface area contributed by atoms with Gasteiger partial charge >= 0.3 is 39.5 Å². The van der Waals surface area contributed by atoms with Crippen LogP contribution < -0.4 is 0 Å². The van der Waals surface area contributed by atoms with Crippen LogP contribution in [-0.4, -0.2) is 96.7 Å². The summed E-state index contributed by atoms with van der Waals surface area (Å²) in [5.74, 6) is 0.912. The van der Waals surface area contributed by atoms with E-state index in [0.717, 1.165) is 120 Å². The first-order valence-electron chi connectivity index (χ1n) is 37.3. The number of carbonyl (C=O) groups is 4. The van der Waals surface area contributed by atoms with Crippen LogP contribution in [0.15, 0.2) is 0 Å². The Morgan fingerprint density at radius 1 is 0.308 bits per heavy atom. The van der Waals surface area contributed by atoms with Gasteiger partial charge in [-0.25, -0.2) is 9.13 Å². The number of phosphoric ester groups is 2. The minimum atomic E-state index is -4.95. The van der Waals surface area contributed by atoms with Gasteiger partial charge < -0.3 is 33.8 Å². The van der Waals surface area contributed by atoms with Gasteiger partial charge in [0.15, 0.2) is 12.2 Å². The van der Waals surface area contributed by atoms with Gasteiger partial charge in [-0.1, -0.05) is 306 Å². The Hall–Kier alpha value is -1.94. The molecule has 540 valence electrons. The van der Waals surface area contributed by atoms with Crippen LogP contribution in [0, 0.1) is 23.7 Å². The summed E-state index contributed by atoms with van der Waals surface area (Å²) in [5, 5.41) is 10.6. The van der Waals surface area contributed by atoms with Crippen LogP contribution in [0.5, 0.6) is 0 Å². The Kier molecular flexibility index (Phi) is 60.3. The van der Waals surface area contributed by atoms with E-state index in [1.165, 1.54) is 154 Å². The Morgan fingerprint density at radius 2 is 0.527 bits per heavy atom. The molecule has 91 heavy (non-hydrogen) atoms. The molecule has 0 saturated carbocycles. The van der Waals surface area contributed by atoms with Crippen LogP contribution in [0.1, 0.15) is 357 Å². The lowest BCUT2D eigenvalue weighted by atomic mass is 9.99. The largest absolute Gasteiger partial charge is 0.472 e. The molecule has 3 N–H and O–H groups in total. The van der Waals surface area contributed by atoms with E-state index in [-0.39, 0.29) is 25.7 Å².